The van der Waals surface area contributed by atoms with E-state index in [0.29, 0.717) is 18.5 Å². The molecule has 1 aliphatic heterocycles. The molecule has 4 heteroatoms. The zero-order chi connectivity index (χ0) is 16.8. The van der Waals surface area contributed by atoms with E-state index in [1.54, 1.807) is 12.1 Å². The molecule has 2 aromatic carbocycles. The van der Waals surface area contributed by atoms with Gasteiger partial charge in [0.05, 0.1) is 6.04 Å². The highest BCUT2D eigenvalue weighted by molar-refractivity contribution is 5.82. The first kappa shape index (κ1) is 16.7. The Hall–Kier alpha value is -2.20. The lowest BCUT2D eigenvalue weighted by atomic mass is 10.1. The van der Waals surface area contributed by atoms with Gasteiger partial charge in [-0.05, 0) is 43.0 Å². The maximum atomic E-state index is 13.6. The number of carbonyl (C=O) groups is 1. The van der Waals surface area contributed by atoms with Gasteiger partial charge in [0.1, 0.15) is 5.82 Å². The zero-order valence-corrected chi connectivity index (χ0v) is 13.7. The molecule has 1 heterocycles. The molecule has 0 unspecified atom stereocenters. The second-order valence-electron chi connectivity index (χ2n) is 6.25. The summed E-state index contributed by atoms with van der Waals surface area (Å²) in [5.74, 6) is -0.155. The highest BCUT2D eigenvalue weighted by Gasteiger charge is 2.30. The van der Waals surface area contributed by atoms with Crippen LogP contribution in [0.15, 0.2) is 54.6 Å². The maximum Gasteiger partial charge on any atom is 0.237 e. The molecule has 2 aromatic rings. The number of benzene rings is 2. The summed E-state index contributed by atoms with van der Waals surface area (Å²) in [7, 11) is 0. The summed E-state index contributed by atoms with van der Waals surface area (Å²) in [6.45, 7) is 2.21. The van der Waals surface area contributed by atoms with Crippen molar-refractivity contribution in [3.63, 3.8) is 0 Å². The van der Waals surface area contributed by atoms with Gasteiger partial charge in [-0.25, -0.2) is 4.39 Å². The van der Waals surface area contributed by atoms with E-state index in [1.807, 2.05) is 24.3 Å². The fourth-order valence-corrected chi connectivity index (χ4v) is 3.27. The van der Waals surface area contributed by atoms with Crippen molar-refractivity contribution in [3.8, 4) is 0 Å². The minimum Gasteiger partial charge on any atom is -0.354 e. The van der Waals surface area contributed by atoms with Crippen LogP contribution in [-0.4, -0.2) is 29.9 Å². The number of nitrogens with one attached hydrogen (secondary N) is 1. The summed E-state index contributed by atoms with van der Waals surface area (Å²) in [6.07, 6.45) is 2.44. The van der Waals surface area contributed by atoms with E-state index >= 15 is 0 Å². The fourth-order valence-electron chi connectivity index (χ4n) is 3.27. The monoisotopic (exact) mass is 326 g/mol. The van der Waals surface area contributed by atoms with Crippen molar-refractivity contribution in [2.75, 3.05) is 13.1 Å². The van der Waals surface area contributed by atoms with Gasteiger partial charge in [0.15, 0.2) is 0 Å². The average Bonchev–Trinajstić information content (AvgIpc) is 3.05. The molecule has 0 bridgehead atoms. The van der Waals surface area contributed by atoms with E-state index in [4.69, 9.17) is 0 Å². The largest absolute Gasteiger partial charge is 0.354 e. The topological polar surface area (TPSA) is 32.3 Å². The van der Waals surface area contributed by atoms with Gasteiger partial charge in [0.2, 0.25) is 5.91 Å². The first-order valence-electron chi connectivity index (χ1n) is 8.53. The second kappa shape index (κ2) is 8.06. The fraction of sp³-hybridized carbons (Fsp3) is 0.350. The Kier molecular flexibility index (Phi) is 5.59. The Bertz CT molecular complexity index is 674. The van der Waals surface area contributed by atoms with Crippen LogP contribution in [0.3, 0.4) is 0 Å². The van der Waals surface area contributed by atoms with Gasteiger partial charge in [-0.1, -0.05) is 48.5 Å². The number of rotatable bonds is 6. The zero-order valence-electron chi connectivity index (χ0n) is 13.7. The summed E-state index contributed by atoms with van der Waals surface area (Å²) in [4.78, 5) is 14.7. The molecule has 1 atom stereocenters. The summed E-state index contributed by atoms with van der Waals surface area (Å²) in [5.41, 5.74) is 1.87. The van der Waals surface area contributed by atoms with Gasteiger partial charge < -0.3 is 5.32 Å². The van der Waals surface area contributed by atoms with Gasteiger partial charge in [0.25, 0.3) is 0 Å². The number of hydrogen-bond donors (Lipinski definition) is 1. The summed E-state index contributed by atoms with van der Waals surface area (Å²) in [6, 6.07) is 16.9. The van der Waals surface area contributed by atoms with Crippen LogP contribution < -0.4 is 5.32 Å². The number of halogens is 1. The molecule has 0 radical (unpaired) electrons. The van der Waals surface area contributed by atoms with Gasteiger partial charge >= 0.3 is 0 Å². The lowest BCUT2D eigenvalue weighted by Crippen LogP contribution is -2.43. The van der Waals surface area contributed by atoms with Gasteiger partial charge in [0, 0.05) is 13.1 Å². The Morgan fingerprint density at radius 1 is 1.12 bits per heavy atom. The third-order valence-corrected chi connectivity index (χ3v) is 4.55. The highest BCUT2D eigenvalue weighted by Crippen LogP contribution is 2.20. The molecule has 1 amide bonds. The summed E-state index contributed by atoms with van der Waals surface area (Å²) < 4.78 is 13.6. The van der Waals surface area contributed by atoms with Crippen LogP contribution in [0.25, 0.3) is 0 Å². The van der Waals surface area contributed by atoms with Crippen LogP contribution in [0.2, 0.25) is 0 Å². The molecule has 1 fully saturated rings. The van der Waals surface area contributed by atoms with Crippen molar-refractivity contribution in [3.05, 3.63) is 71.5 Å². The molecule has 24 heavy (non-hydrogen) atoms. The van der Waals surface area contributed by atoms with Crippen LogP contribution >= 0.6 is 0 Å². The number of carbonyl (C=O) groups excluding carboxylic acids is 1. The molecule has 0 saturated carbocycles. The number of amides is 1. The van der Waals surface area contributed by atoms with Crippen molar-refractivity contribution >= 4 is 5.91 Å². The third-order valence-electron chi connectivity index (χ3n) is 4.55. The Morgan fingerprint density at radius 2 is 1.88 bits per heavy atom. The number of hydrogen-bond acceptors (Lipinski definition) is 2. The number of nitrogens with zero attached hydrogens (tertiary/aromatic N) is 1. The molecule has 1 aliphatic rings. The first-order chi connectivity index (χ1) is 11.7. The predicted octanol–water partition coefficient (Wildman–Crippen LogP) is 3.15. The molecule has 3 rings (SSSR count). The maximum absolute atomic E-state index is 13.6. The van der Waals surface area contributed by atoms with Gasteiger partial charge in [-0.2, -0.15) is 0 Å². The predicted molar refractivity (Wildman–Crippen MR) is 93.0 cm³/mol. The molecule has 1 N–H and O–H groups in total. The smallest absolute Gasteiger partial charge is 0.237 e. The van der Waals surface area contributed by atoms with Crippen LogP contribution in [0.1, 0.15) is 24.0 Å². The van der Waals surface area contributed by atoms with Crippen molar-refractivity contribution in [1.82, 2.24) is 10.2 Å². The van der Waals surface area contributed by atoms with Gasteiger partial charge in [-0.3, -0.25) is 9.69 Å². The Morgan fingerprint density at radius 3 is 2.67 bits per heavy atom. The van der Waals surface area contributed by atoms with Crippen LogP contribution in [0.5, 0.6) is 0 Å². The molecule has 1 saturated heterocycles. The Balaban J connectivity index is 1.51. The van der Waals surface area contributed by atoms with Crippen molar-refractivity contribution in [2.24, 2.45) is 0 Å². The molecular weight excluding hydrogens is 303 g/mol. The highest BCUT2D eigenvalue weighted by atomic mass is 19.1. The SMILES string of the molecule is O=C(NCCc1ccccc1F)[C@H]1CCCN1Cc1ccccc1. The first-order valence-corrected chi connectivity index (χ1v) is 8.53. The standard InChI is InChI=1S/C20H23FN2O/c21-18-10-5-4-9-17(18)12-13-22-20(24)19-11-6-14-23(19)15-16-7-2-1-3-8-16/h1-5,7-10,19H,6,11-15H2,(H,22,24)/t19-/m1/s1. The van der Waals surface area contributed by atoms with Crippen molar-refractivity contribution < 1.29 is 9.18 Å². The van der Waals surface area contributed by atoms with Crippen molar-refractivity contribution in [1.29, 1.82) is 0 Å². The molecule has 0 aromatic heterocycles. The molecule has 3 nitrogen and oxygen atoms in total. The van der Waals surface area contributed by atoms with E-state index in [1.165, 1.54) is 11.6 Å². The lowest BCUT2D eigenvalue weighted by molar-refractivity contribution is -0.125. The van der Waals surface area contributed by atoms with E-state index in [-0.39, 0.29) is 17.8 Å². The van der Waals surface area contributed by atoms with Crippen LogP contribution in [0.4, 0.5) is 4.39 Å². The minimum atomic E-state index is -0.210. The molecule has 126 valence electrons. The van der Waals surface area contributed by atoms with E-state index in [9.17, 15) is 9.18 Å². The van der Waals surface area contributed by atoms with Crippen molar-refractivity contribution in [2.45, 2.75) is 31.8 Å². The number of likely N-dealkylation sites (tertiary alicyclic amines) is 1. The summed E-state index contributed by atoms with van der Waals surface area (Å²) >= 11 is 0. The van der Waals surface area contributed by atoms with E-state index in [2.05, 4.69) is 22.3 Å². The molecular formula is C20H23FN2O. The normalized spacial score (nSPS) is 17.8. The third kappa shape index (κ3) is 4.20. The van der Waals surface area contributed by atoms with E-state index in [0.717, 1.165) is 25.9 Å². The molecule has 0 aliphatic carbocycles. The Labute approximate surface area is 142 Å². The second-order valence-corrected chi connectivity index (χ2v) is 6.25. The average molecular weight is 326 g/mol. The van der Waals surface area contributed by atoms with Crippen LogP contribution in [-0.2, 0) is 17.8 Å². The lowest BCUT2D eigenvalue weighted by Gasteiger charge is -2.23. The van der Waals surface area contributed by atoms with Crippen LogP contribution in [0, 0.1) is 5.82 Å². The molecule has 0 spiro atoms. The van der Waals surface area contributed by atoms with Gasteiger partial charge in [-0.15, -0.1) is 0 Å². The van der Waals surface area contributed by atoms with E-state index < -0.39 is 0 Å². The minimum absolute atomic E-state index is 0.0553. The summed E-state index contributed by atoms with van der Waals surface area (Å²) in [5, 5.41) is 2.97. The quantitative estimate of drug-likeness (QED) is 0.884.